The van der Waals surface area contributed by atoms with Gasteiger partial charge in [0.2, 0.25) is 0 Å². The van der Waals surface area contributed by atoms with Crippen LogP contribution >= 0.6 is 15.8 Å². The first-order chi connectivity index (χ1) is 10.6. The minimum Gasteiger partial charge on any atom is -0.508 e. The minimum absolute atomic E-state index is 0.0308. The third-order valence-electron chi connectivity index (χ3n) is 4.42. The second-order valence-corrected chi connectivity index (χ2v) is 14.5. The summed E-state index contributed by atoms with van der Waals surface area (Å²) >= 11 is 0. The Morgan fingerprint density at radius 3 is 1.22 bits per heavy atom. The number of phenolic OH excluding ortho intramolecular Hbond substituents is 1. The van der Waals surface area contributed by atoms with E-state index in [9.17, 15) is 5.11 Å². The molecule has 1 rings (SSSR count). The van der Waals surface area contributed by atoms with Crippen LogP contribution in [0.4, 0.5) is 0 Å². The van der Waals surface area contributed by atoms with Crippen molar-refractivity contribution in [3.8, 4) is 5.75 Å². The van der Waals surface area contributed by atoms with Gasteiger partial charge in [-0.2, -0.15) is 0 Å². The normalized spacial score (nSPS) is 12.6. The van der Waals surface area contributed by atoms with Crippen LogP contribution in [0.15, 0.2) is 18.2 Å². The summed E-state index contributed by atoms with van der Waals surface area (Å²) in [5.41, 5.74) is 5.60. The first-order valence-corrected chi connectivity index (χ1v) is 12.3. The number of phenols is 1. The van der Waals surface area contributed by atoms with E-state index in [4.69, 9.17) is 0 Å². The van der Waals surface area contributed by atoms with Crippen molar-refractivity contribution >= 4 is 15.8 Å². The molecule has 0 amide bonds. The Morgan fingerprint density at radius 2 is 0.957 bits per heavy atom. The van der Waals surface area contributed by atoms with E-state index in [1.165, 1.54) is 11.1 Å². The van der Waals surface area contributed by atoms with Gasteiger partial charge in [-0.3, -0.25) is 0 Å². The van der Waals surface area contributed by atoms with Gasteiger partial charge in [0.25, 0.3) is 0 Å². The zero-order chi connectivity index (χ0) is 17.7. The predicted molar refractivity (Wildman–Crippen MR) is 110 cm³/mol. The maximum atomic E-state index is 10.2. The summed E-state index contributed by atoms with van der Waals surface area (Å²) in [7, 11) is -0.0615. The molecule has 0 fully saturated rings. The standard InChI is InChI=1S/C20H36OP2/c1-14(2)22(15(3)4)12-18-9-19(11-20(21)10-18)13-23(16(5)6)17(7)8/h9-11,14-17,21H,12-13H2,1-8H3. The molecule has 0 atom stereocenters. The molecule has 0 aliphatic heterocycles. The molecule has 0 aromatic heterocycles. The quantitative estimate of drug-likeness (QED) is 0.499. The Bertz CT molecular complexity index is 424. The Hall–Kier alpha value is -0.120. The van der Waals surface area contributed by atoms with Gasteiger partial charge >= 0.3 is 0 Å². The van der Waals surface area contributed by atoms with Gasteiger partial charge in [0.05, 0.1) is 0 Å². The van der Waals surface area contributed by atoms with E-state index in [0.717, 1.165) is 35.0 Å². The number of rotatable bonds is 8. The molecule has 3 heteroatoms. The van der Waals surface area contributed by atoms with E-state index in [0.29, 0.717) is 5.75 Å². The summed E-state index contributed by atoms with van der Waals surface area (Å²) in [6, 6.07) is 6.33. The lowest BCUT2D eigenvalue weighted by Crippen LogP contribution is -2.07. The van der Waals surface area contributed by atoms with Crippen LogP contribution in [0.2, 0.25) is 0 Å². The predicted octanol–water partition coefficient (Wildman–Crippen LogP) is 6.99. The molecule has 132 valence electrons. The highest BCUT2D eigenvalue weighted by Gasteiger charge is 2.20. The molecule has 1 aromatic rings. The van der Waals surface area contributed by atoms with E-state index in [1.807, 2.05) is 12.1 Å². The largest absolute Gasteiger partial charge is 0.508 e. The van der Waals surface area contributed by atoms with Crippen molar-refractivity contribution in [2.75, 3.05) is 0 Å². The van der Waals surface area contributed by atoms with Crippen molar-refractivity contribution < 1.29 is 5.11 Å². The molecule has 0 unspecified atom stereocenters. The maximum absolute atomic E-state index is 10.2. The van der Waals surface area contributed by atoms with Gasteiger partial charge < -0.3 is 5.11 Å². The Morgan fingerprint density at radius 1 is 0.652 bits per heavy atom. The molecular formula is C20H36OP2. The van der Waals surface area contributed by atoms with Gasteiger partial charge in [-0.05, 0) is 58.2 Å². The molecule has 23 heavy (non-hydrogen) atoms. The summed E-state index contributed by atoms with van der Waals surface area (Å²) in [6.45, 7) is 18.7. The van der Waals surface area contributed by atoms with Crippen LogP contribution in [0.3, 0.4) is 0 Å². The van der Waals surface area contributed by atoms with E-state index >= 15 is 0 Å². The summed E-state index contributed by atoms with van der Waals surface area (Å²) in [5, 5.41) is 10.2. The molecule has 0 spiro atoms. The summed E-state index contributed by atoms with van der Waals surface area (Å²) in [5.74, 6) is 0.447. The van der Waals surface area contributed by atoms with Crippen molar-refractivity contribution in [3.63, 3.8) is 0 Å². The van der Waals surface area contributed by atoms with Crippen LogP contribution in [0, 0.1) is 0 Å². The molecule has 0 radical (unpaired) electrons. The highest BCUT2D eigenvalue weighted by molar-refractivity contribution is 7.58. The van der Waals surface area contributed by atoms with E-state index < -0.39 is 0 Å². The van der Waals surface area contributed by atoms with Crippen LogP contribution in [-0.4, -0.2) is 27.7 Å². The number of aromatic hydroxyl groups is 1. The third-order valence-corrected chi connectivity index (χ3v) is 11.2. The van der Waals surface area contributed by atoms with Crippen LogP contribution in [0.25, 0.3) is 0 Å². The van der Waals surface area contributed by atoms with Crippen LogP contribution in [-0.2, 0) is 12.3 Å². The lowest BCUT2D eigenvalue weighted by molar-refractivity contribution is 0.474. The summed E-state index contributed by atoms with van der Waals surface area (Å²) in [4.78, 5) is 0. The molecule has 0 saturated carbocycles. The summed E-state index contributed by atoms with van der Waals surface area (Å²) < 4.78 is 0. The molecule has 0 aliphatic carbocycles. The molecule has 1 aromatic carbocycles. The van der Waals surface area contributed by atoms with Gasteiger partial charge in [0.1, 0.15) is 5.75 Å². The van der Waals surface area contributed by atoms with Gasteiger partial charge in [0.15, 0.2) is 0 Å². The molecule has 0 aliphatic rings. The molecule has 0 bridgehead atoms. The summed E-state index contributed by atoms with van der Waals surface area (Å²) in [6.07, 6.45) is 2.26. The van der Waals surface area contributed by atoms with Gasteiger partial charge in [-0.15, -0.1) is 0 Å². The highest BCUT2D eigenvalue weighted by atomic mass is 31.1. The monoisotopic (exact) mass is 354 g/mol. The van der Waals surface area contributed by atoms with E-state index in [-0.39, 0.29) is 15.8 Å². The Balaban J connectivity index is 2.99. The second-order valence-electron chi connectivity index (χ2n) is 7.73. The van der Waals surface area contributed by atoms with E-state index in [1.54, 1.807) is 0 Å². The van der Waals surface area contributed by atoms with Gasteiger partial charge in [0, 0.05) is 0 Å². The molecule has 0 saturated heterocycles. The molecule has 1 nitrogen and oxygen atoms in total. The van der Waals surface area contributed by atoms with Crippen molar-refractivity contribution in [2.24, 2.45) is 0 Å². The number of benzene rings is 1. The van der Waals surface area contributed by atoms with Gasteiger partial charge in [-0.25, -0.2) is 0 Å². The molecule has 0 heterocycles. The lowest BCUT2D eigenvalue weighted by atomic mass is 10.1. The van der Waals surface area contributed by atoms with Crippen molar-refractivity contribution in [3.05, 3.63) is 29.3 Å². The fourth-order valence-electron chi connectivity index (χ4n) is 3.27. The van der Waals surface area contributed by atoms with Crippen LogP contribution in [0.5, 0.6) is 5.75 Å². The van der Waals surface area contributed by atoms with Crippen molar-refractivity contribution in [2.45, 2.75) is 90.3 Å². The average Bonchev–Trinajstić information content (AvgIpc) is 2.40. The second kappa shape index (κ2) is 9.39. The third kappa shape index (κ3) is 6.72. The first-order valence-electron chi connectivity index (χ1n) is 8.95. The Kier molecular flexibility index (Phi) is 8.54. The smallest absolute Gasteiger partial charge is 0.116 e. The van der Waals surface area contributed by atoms with Crippen molar-refractivity contribution in [1.82, 2.24) is 0 Å². The van der Waals surface area contributed by atoms with Crippen LogP contribution < -0.4 is 0 Å². The Labute approximate surface area is 146 Å². The molecular weight excluding hydrogens is 318 g/mol. The van der Waals surface area contributed by atoms with Gasteiger partial charge in [-0.1, -0.05) is 77.3 Å². The fraction of sp³-hybridized carbons (Fsp3) is 0.700. The first kappa shape index (κ1) is 20.9. The van der Waals surface area contributed by atoms with Crippen molar-refractivity contribution in [1.29, 1.82) is 0 Å². The number of hydrogen-bond acceptors (Lipinski definition) is 1. The maximum Gasteiger partial charge on any atom is 0.116 e. The highest BCUT2D eigenvalue weighted by Crippen LogP contribution is 2.51. The molecule has 1 N–H and O–H groups in total. The zero-order valence-corrected chi connectivity index (χ0v) is 18.1. The lowest BCUT2D eigenvalue weighted by Gasteiger charge is -2.27. The SMILES string of the molecule is CC(C)P(Cc1cc(O)cc(CP(C(C)C)C(C)C)c1)C(C)C. The zero-order valence-electron chi connectivity index (χ0n) is 16.3. The minimum atomic E-state index is -0.0308. The van der Waals surface area contributed by atoms with Crippen LogP contribution in [0.1, 0.15) is 66.5 Å². The number of hydrogen-bond donors (Lipinski definition) is 1. The fourth-order valence-corrected chi connectivity index (χ4v) is 8.32. The van der Waals surface area contributed by atoms with E-state index in [2.05, 4.69) is 61.5 Å². The topological polar surface area (TPSA) is 20.2 Å². The average molecular weight is 354 g/mol.